The molecule has 4 aromatic rings. The lowest BCUT2D eigenvalue weighted by Gasteiger charge is -2.21. The Kier molecular flexibility index (Phi) is 5.76. The van der Waals surface area contributed by atoms with Crippen LogP contribution >= 0.6 is 11.3 Å². The molecule has 0 bridgehead atoms. The summed E-state index contributed by atoms with van der Waals surface area (Å²) in [7, 11) is 0. The molecule has 5 rings (SSSR count). The topological polar surface area (TPSA) is 41.4 Å². The number of carbonyl (C=O) groups is 1. The van der Waals surface area contributed by atoms with Crippen LogP contribution in [0.5, 0.6) is 0 Å². The second kappa shape index (κ2) is 8.84. The minimum atomic E-state index is -0.279. The van der Waals surface area contributed by atoms with E-state index in [0.29, 0.717) is 0 Å². The molecular weight excluding hydrogens is 423 g/mol. The summed E-state index contributed by atoms with van der Waals surface area (Å²) in [6, 6.07) is 18.7. The van der Waals surface area contributed by atoms with Crippen molar-refractivity contribution in [2.24, 2.45) is 0 Å². The van der Waals surface area contributed by atoms with Crippen LogP contribution in [0.2, 0.25) is 0 Å². The fraction of sp³-hybridized carbons (Fsp3) is 0.280. The second-order valence-corrected chi connectivity index (χ2v) is 9.24. The molecule has 3 heterocycles. The van der Waals surface area contributed by atoms with Gasteiger partial charge in [-0.15, -0.1) is 11.3 Å². The summed E-state index contributed by atoms with van der Waals surface area (Å²) < 4.78 is 15.1. The van der Waals surface area contributed by atoms with E-state index in [1.807, 2.05) is 24.0 Å². The van der Waals surface area contributed by atoms with Gasteiger partial charge in [0.2, 0.25) is 0 Å². The van der Waals surface area contributed by atoms with Gasteiger partial charge in [0, 0.05) is 38.1 Å². The van der Waals surface area contributed by atoms with Crippen LogP contribution in [0.25, 0.3) is 15.9 Å². The number of nitrogens with zero attached hydrogens (tertiary/aromatic N) is 4. The van der Waals surface area contributed by atoms with Crippen LogP contribution in [-0.2, 0) is 6.54 Å². The smallest absolute Gasteiger partial charge is 0.264 e. The highest BCUT2D eigenvalue weighted by molar-refractivity contribution is 7.20. The number of hydrogen-bond acceptors (Lipinski definition) is 4. The molecule has 164 valence electrons. The fourth-order valence-corrected chi connectivity index (χ4v) is 5.39. The molecule has 1 aliphatic rings. The maximum Gasteiger partial charge on any atom is 0.264 e. The van der Waals surface area contributed by atoms with E-state index in [1.165, 1.54) is 29.0 Å². The highest BCUT2D eigenvalue weighted by Gasteiger charge is 2.24. The molecule has 7 heteroatoms. The second-order valence-electron chi connectivity index (χ2n) is 8.21. The van der Waals surface area contributed by atoms with Crippen molar-refractivity contribution in [3.8, 4) is 5.69 Å². The monoisotopic (exact) mass is 448 g/mol. The standard InChI is InChI=1S/C25H25FN4OS/c1-18-22-16-23(32-25(22)30(27-18)21-10-8-20(26)9-11-21)24(31)29-13-5-12-28(14-15-29)17-19-6-3-2-4-7-19/h2-4,6-11,16H,5,12-15,17H2,1H3. The fourth-order valence-electron chi connectivity index (χ4n) is 4.24. The van der Waals surface area contributed by atoms with E-state index < -0.39 is 0 Å². The first-order valence-corrected chi connectivity index (χ1v) is 11.7. The molecule has 1 aliphatic heterocycles. The van der Waals surface area contributed by atoms with Crippen molar-refractivity contribution in [2.75, 3.05) is 26.2 Å². The summed E-state index contributed by atoms with van der Waals surface area (Å²) in [5.74, 6) is -0.198. The van der Waals surface area contributed by atoms with Crippen molar-refractivity contribution in [1.29, 1.82) is 0 Å². The summed E-state index contributed by atoms with van der Waals surface area (Å²) in [4.78, 5) is 19.4. The van der Waals surface area contributed by atoms with Gasteiger partial charge in [-0.05, 0) is 49.2 Å². The van der Waals surface area contributed by atoms with Crippen molar-refractivity contribution < 1.29 is 9.18 Å². The van der Waals surface area contributed by atoms with Crippen LogP contribution in [0.4, 0.5) is 4.39 Å². The molecule has 1 saturated heterocycles. The molecule has 0 unspecified atom stereocenters. The van der Waals surface area contributed by atoms with E-state index in [2.05, 4.69) is 34.3 Å². The Balaban J connectivity index is 1.33. The maximum absolute atomic E-state index is 13.3. The minimum absolute atomic E-state index is 0.0813. The number of hydrogen-bond donors (Lipinski definition) is 0. The molecular formula is C25H25FN4OS. The quantitative estimate of drug-likeness (QED) is 0.447. The van der Waals surface area contributed by atoms with Gasteiger partial charge in [0.25, 0.3) is 5.91 Å². The zero-order valence-electron chi connectivity index (χ0n) is 18.0. The first kappa shape index (κ1) is 20.8. The molecule has 0 N–H and O–H groups in total. The van der Waals surface area contributed by atoms with E-state index >= 15 is 0 Å². The van der Waals surface area contributed by atoms with Gasteiger partial charge in [-0.25, -0.2) is 9.07 Å². The van der Waals surface area contributed by atoms with Gasteiger partial charge >= 0.3 is 0 Å². The molecule has 0 aliphatic carbocycles. The Labute approximate surface area is 190 Å². The largest absolute Gasteiger partial charge is 0.337 e. The summed E-state index contributed by atoms with van der Waals surface area (Å²) >= 11 is 1.46. The predicted octanol–water partition coefficient (Wildman–Crippen LogP) is 4.88. The molecule has 1 amide bonds. The lowest BCUT2D eigenvalue weighted by atomic mass is 10.2. The van der Waals surface area contributed by atoms with Crippen LogP contribution in [0.1, 0.15) is 27.3 Å². The summed E-state index contributed by atoms with van der Waals surface area (Å²) in [6.07, 6.45) is 0.964. The summed E-state index contributed by atoms with van der Waals surface area (Å²) in [5.41, 5.74) is 2.96. The highest BCUT2D eigenvalue weighted by atomic mass is 32.1. The number of aromatic nitrogens is 2. The zero-order valence-corrected chi connectivity index (χ0v) is 18.8. The molecule has 2 aromatic heterocycles. The average molecular weight is 449 g/mol. The van der Waals surface area contributed by atoms with E-state index in [9.17, 15) is 9.18 Å². The number of amides is 1. The Bertz CT molecular complexity index is 1230. The van der Waals surface area contributed by atoms with Gasteiger partial charge in [-0.2, -0.15) is 5.10 Å². The number of aryl methyl sites for hydroxylation is 1. The number of carbonyl (C=O) groups excluding carboxylic acids is 1. The third kappa shape index (κ3) is 4.18. The molecule has 0 atom stereocenters. The minimum Gasteiger partial charge on any atom is -0.337 e. The van der Waals surface area contributed by atoms with Crippen LogP contribution < -0.4 is 0 Å². The lowest BCUT2D eigenvalue weighted by molar-refractivity contribution is 0.0766. The summed E-state index contributed by atoms with van der Waals surface area (Å²) in [5, 5.41) is 5.58. The van der Waals surface area contributed by atoms with E-state index in [4.69, 9.17) is 0 Å². The van der Waals surface area contributed by atoms with Gasteiger partial charge in [0.15, 0.2) is 0 Å². The Hall–Kier alpha value is -3.03. The number of fused-ring (bicyclic) bond motifs is 1. The molecule has 2 aromatic carbocycles. The first-order valence-electron chi connectivity index (χ1n) is 10.9. The molecule has 0 saturated carbocycles. The molecule has 0 spiro atoms. The molecule has 1 fully saturated rings. The zero-order chi connectivity index (χ0) is 22.1. The third-order valence-electron chi connectivity index (χ3n) is 5.95. The van der Waals surface area contributed by atoms with Crippen molar-refractivity contribution in [3.05, 3.63) is 82.6 Å². The van der Waals surface area contributed by atoms with Gasteiger partial charge in [-0.3, -0.25) is 9.69 Å². The predicted molar refractivity (Wildman–Crippen MR) is 126 cm³/mol. The number of rotatable bonds is 4. The van der Waals surface area contributed by atoms with Crippen molar-refractivity contribution in [3.63, 3.8) is 0 Å². The highest BCUT2D eigenvalue weighted by Crippen LogP contribution is 2.31. The van der Waals surface area contributed by atoms with Gasteiger partial charge < -0.3 is 4.90 Å². The average Bonchev–Trinajstić information content (AvgIpc) is 3.28. The number of halogens is 1. The van der Waals surface area contributed by atoms with E-state index in [1.54, 1.807) is 16.8 Å². The van der Waals surface area contributed by atoms with Crippen molar-refractivity contribution in [2.45, 2.75) is 19.9 Å². The normalized spacial score (nSPS) is 15.2. The molecule has 32 heavy (non-hydrogen) atoms. The van der Waals surface area contributed by atoms with Crippen LogP contribution in [0.15, 0.2) is 60.7 Å². The van der Waals surface area contributed by atoms with Crippen LogP contribution in [0, 0.1) is 12.7 Å². The summed E-state index contributed by atoms with van der Waals surface area (Å²) in [6.45, 7) is 6.21. The van der Waals surface area contributed by atoms with Gasteiger partial charge in [0.05, 0.1) is 16.3 Å². The van der Waals surface area contributed by atoms with E-state index in [0.717, 1.165) is 65.6 Å². The molecule has 0 radical (unpaired) electrons. The van der Waals surface area contributed by atoms with Crippen molar-refractivity contribution in [1.82, 2.24) is 19.6 Å². The molecule has 5 nitrogen and oxygen atoms in total. The third-order valence-corrected chi connectivity index (χ3v) is 7.05. The number of benzene rings is 2. The number of thiophene rings is 1. The van der Waals surface area contributed by atoms with E-state index in [-0.39, 0.29) is 11.7 Å². The van der Waals surface area contributed by atoms with Gasteiger partial charge in [-0.1, -0.05) is 30.3 Å². The Morgan fingerprint density at radius 3 is 2.59 bits per heavy atom. The van der Waals surface area contributed by atoms with Crippen LogP contribution in [0.3, 0.4) is 0 Å². The first-order chi connectivity index (χ1) is 15.6. The SMILES string of the molecule is Cc1nn(-c2ccc(F)cc2)c2sc(C(=O)N3CCCN(Cc4ccccc4)CC3)cc12. The van der Waals surface area contributed by atoms with Gasteiger partial charge in [0.1, 0.15) is 10.6 Å². The lowest BCUT2D eigenvalue weighted by Crippen LogP contribution is -2.34. The Morgan fingerprint density at radius 2 is 1.81 bits per heavy atom. The maximum atomic E-state index is 13.3. The van der Waals surface area contributed by atoms with Crippen molar-refractivity contribution >= 4 is 27.5 Å². The Morgan fingerprint density at radius 1 is 1.03 bits per heavy atom. The van der Waals surface area contributed by atoms with Crippen LogP contribution in [-0.4, -0.2) is 51.7 Å².